The second-order valence-electron chi connectivity index (χ2n) is 14.4. The van der Waals surface area contributed by atoms with Crippen LogP contribution in [0.2, 0.25) is 0 Å². The molecule has 11 N–H and O–H groups in total. The Morgan fingerprint density at radius 2 is 1.43 bits per heavy atom. The molecule has 0 saturated carbocycles. The molecule has 1 fully saturated rings. The van der Waals surface area contributed by atoms with Gasteiger partial charge >= 0.3 is 7.82 Å². The third-order valence-electron chi connectivity index (χ3n) is 9.15. The number of carbonyl (C=O) groups excluding carboxylic acids is 3. The van der Waals surface area contributed by atoms with E-state index in [4.69, 9.17) is 30.9 Å². The van der Waals surface area contributed by atoms with Gasteiger partial charge in [0.25, 0.3) is 0 Å². The minimum absolute atomic E-state index is 0.0728. The molecule has 0 radical (unpaired) electrons. The summed E-state index contributed by atoms with van der Waals surface area (Å²) in [5.41, 5.74) is 10.0. The molecule has 1 saturated heterocycles. The Morgan fingerprint density at radius 1 is 0.839 bits per heavy atom. The van der Waals surface area contributed by atoms with Crippen molar-refractivity contribution in [3.05, 3.63) is 0 Å². The van der Waals surface area contributed by atoms with Crippen molar-refractivity contribution in [2.45, 2.75) is 134 Å². The summed E-state index contributed by atoms with van der Waals surface area (Å²) in [4.78, 5) is 48.8. The van der Waals surface area contributed by atoms with E-state index in [1.165, 1.54) is 4.90 Å². The van der Waals surface area contributed by atoms with E-state index in [1.54, 1.807) is 0 Å². The van der Waals surface area contributed by atoms with Gasteiger partial charge < -0.3 is 56.3 Å². The number of phosphoric ester groups is 1. The number of hydrogen-bond donors (Lipinski definition) is 9. The minimum Gasteiger partial charge on any atom is -0.391 e. The molecule has 0 aromatic rings. The fraction of sp³-hybridized carbons (Fsp3) is 0.917. The van der Waals surface area contributed by atoms with Crippen molar-refractivity contribution in [2.24, 2.45) is 11.5 Å². The zero-order valence-corrected chi connectivity index (χ0v) is 34.4. The van der Waals surface area contributed by atoms with Crippen molar-refractivity contribution < 1.29 is 62.7 Å². The van der Waals surface area contributed by atoms with Crippen molar-refractivity contribution in [1.29, 1.82) is 0 Å². The summed E-state index contributed by atoms with van der Waals surface area (Å²) in [5.74, 6) is -0.470. The molecule has 0 spiro atoms. The van der Waals surface area contributed by atoms with Crippen LogP contribution in [0.1, 0.15) is 110 Å². The predicted molar refractivity (Wildman–Crippen MR) is 209 cm³/mol. The van der Waals surface area contributed by atoms with Gasteiger partial charge in [-0.2, -0.15) is 0 Å². The predicted octanol–water partition coefficient (Wildman–Crippen LogP) is 1.27. The Labute approximate surface area is 332 Å². The molecule has 19 nitrogen and oxygen atoms in total. The van der Waals surface area contributed by atoms with Crippen LogP contribution < -0.4 is 27.4 Å². The van der Waals surface area contributed by atoms with Gasteiger partial charge in [-0.25, -0.2) is 9.82 Å². The number of nitrogens with one attached hydrogen (secondary N) is 3. The molecule has 0 aromatic heterocycles. The summed E-state index contributed by atoms with van der Waals surface area (Å²) in [6.07, 6.45) is 8.96. The number of rotatable bonds is 37. The molecule has 20 heteroatoms. The van der Waals surface area contributed by atoms with Crippen molar-refractivity contribution in [1.82, 2.24) is 20.9 Å². The van der Waals surface area contributed by atoms with Gasteiger partial charge in [-0.15, -0.1) is 4.67 Å². The molecule has 3 amide bonds. The average Bonchev–Trinajstić information content (AvgIpc) is 3.55. The summed E-state index contributed by atoms with van der Waals surface area (Å²) >= 11 is 0. The van der Waals surface area contributed by atoms with E-state index in [0.29, 0.717) is 64.9 Å². The average molecular weight is 829 g/mol. The fourth-order valence-electron chi connectivity index (χ4n) is 6.11. The van der Waals surface area contributed by atoms with Crippen LogP contribution >= 0.6 is 7.82 Å². The van der Waals surface area contributed by atoms with Crippen LogP contribution in [0, 0.1) is 0 Å². The van der Waals surface area contributed by atoms with E-state index in [2.05, 4.69) is 25.1 Å². The summed E-state index contributed by atoms with van der Waals surface area (Å²) in [7, 11) is -4.61. The van der Waals surface area contributed by atoms with Crippen LogP contribution in [-0.4, -0.2) is 146 Å². The summed E-state index contributed by atoms with van der Waals surface area (Å²) in [6.45, 7) is 5.06. The lowest BCUT2D eigenvalue weighted by atomic mass is 10.0. The number of nitrogens with two attached hydrogens (primary N) is 2. The first kappa shape index (κ1) is 52.2. The lowest BCUT2D eigenvalue weighted by Crippen LogP contribution is -2.58. The van der Waals surface area contributed by atoms with E-state index in [1.807, 2.05) is 6.92 Å². The van der Waals surface area contributed by atoms with Crippen LogP contribution in [0.3, 0.4) is 0 Å². The summed E-state index contributed by atoms with van der Waals surface area (Å²) in [6, 6.07) is -0.585. The fourth-order valence-corrected chi connectivity index (χ4v) is 6.52. The standard InChI is InChI=1S/C36H73N6O13P/c1-2-21-51-27-36(28-52-22-15-32(44)39-19-11-17-37,29-53-23-16-33(45)40-20-12-18-38)41-34(46)13-9-7-5-3-4-6-8-10-14-35(47)42-25-31(43)24-30(42)26-54-56(49,50)55-48/h30-32,39,43-44,48H,2-29,37-38H2,1H3,(H,40,45)(H,41,46)(H,49,50). The number of β-amino-alcohol motifs (C(OH)–C–C–N with tert-alkyl or cyclic N) is 1. The van der Waals surface area contributed by atoms with Crippen LogP contribution in [0.5, 0.6) is 0 Å². The van der Waals surface area contributed by atoms with Crippen LogP contribution in [0.15, 0.2) is 0 Å². The smallest absolute Gasteiger partial charge is 0.391 e. The van der Waals surface area contributed by atoms with Crippen LogP contribution in [-0.2, 0) is 42.4 Å². The van der Waals surface area contributed by atoms with Crippen LogP contribution in [0.25, 0.3) is 0 Å². The number of likely N-dealkylation sites (tertiary alicyclic amines) is 1. The number of carbonyl (C=O) groups is 3. The first-order valence-corrected chi connectivity index (χ1v) is 21.8. The quantitative estimate of drug-likeness (QED) is 0.0140. The minimum atomic E-state index is -4.61. The number of phosphoric acid groups is 1. The van der Waals surface area contributed by atoms with Crippen molar-refractivity contribution in [2.75, 3.05) is 79.0 Å². The molecule has 56 heavy (non-hydrogen) atoms. The van der Waals surface area contributed by atoms with Crippen molar-refractivity contribution in [3.8, 4) is 0 Å². The number of unbranched alkanes of at least 4 members (excludes halogenated alkanes) is 7. The molecule has 5 atom stereocenters. The van der Waals surface area contributed by atoms with E-state index >= 15 is 0 Å². The number of aliphatic hydroxyl groups excluding tert-OH is 2. The second kappa shape index (κ2) is 32.1. The molecule has 1 aliphatic rings. The number of ether oxygens (including phenoxy) is 3. The topological polar surface area (TPSA) is 287 Å². The molecular weight excluding hydrogens is 755 g/mol. The molecule has 0 bridgehead atoms. The first-order valence-electron chi connectivity index (χ1n) is 20.3. The molecule has 0 aromatic carbocycles. The Balaban J connectivity index is 2.51. The summed E-state index contributed by atoms with van der Waals surface area (Å²) < 4.78 is 37.3. The molecule has 1 heterocycles. The van der Waals surface area contributed by atoms with Gasteiger partial charge in [0.05, 0.1) is 51.8 Å². The molecular formula is C36H73N6O13P. The molecule has 1 aliphatic heterocycles. The number of amides is 3. The number of nitrogens with zero attached hydrogens (tertiary/aromatic N) is 1. The highest BCUT2D eigenvalue weighted by Crippen LogP contribution is 2.42. The van der Waals surface area contributed by atoms with Gasteiger partial charge in [-0.05, 0) is 58.2 Å². The van der Waals surface area contributed by atoms with Crippen molar-refractivity contribution >= 4 is 25.5 Å². The lowest BCUT2D eigenvalue weighted by molar-refractivity contribution is -0.163. The van der Waals surface area contributed by atoms with Gasteiger partial charge in [0, 0.05) is 45.4 Å². The Morgan fingerprint density at radius 3 is 2.05 bits per heavy atom. The second-order valence-corrected chi connectivity index (χ2v) is 15.8. The van der Waals surface area contributed by atoms with Gasteiger partial charge in [-0.1, -0.05) is 45.4 Å². The largest absolute Gasteiger partial charge is 0.499 e. The van der Waals surface area contributed by atoms with E-state index < -0.39 is 31.7 Å². The van der Waals surface area contributed by atoms with Gasteiger partial charge in [0.2, 0.25) is 17.7 Å². The molecule has 1 rings (SSSR count). The maximum absolute atomic E-state index is 13.3. The van der Waals surface area contributed by atoms with Gasteiger partial charge in [-0.3, -0.25) is 24.2 Å². The van der Waals surface area contributed by atoms with E-state index in [-0.39, 0.29) is 83.2 Å². The maximum atomic E-state index is 13.3. The highest BCUT2D eigenvalue weighted by atomic mass is 31.2. The summed E-state index contributed by atoms with van der Waals surface area (Å²) in [5, 5.41) is 37.5. The SMILES string of the molecule is CCCOCC(COCCC(=O)NCCCN)(COCCC(O)NCCCN)NC(=O)CCCCCCCCCCC(=O)N1CC(O)CC1COP(=O)(O)OO. The number of hydrogen-bond acceptors (Lipinski definition) is 15. The number of aliphatic hydroxyl groups is 2. The normalized spacial score (nSPS) is 18.4. The van der Waals surface area contributed by atoms with E-state index in [0.717, 1.165) is 51.4 Å². The molecule has 330 valence electrons. The van der Waals surface area contributed by atoms with Crippen LogP contribution in [0.4, 0.5) is 0 Å². The van der Waals surface area contributed by atoms with Gasteiger partial charge in [0.15, 0.2) is 0 Å². The third kappa shape index (κ3) is 25.5. The molecule has 5 unspecified atom stereocenters. The van der Waals surface area contributed by atoms with Crippen molar-refractivity contribution in [3.63, 3.8) is 0 Å². The zero-order valence-electron chi connectivity index (χ0n) is 33.5. The lowest BCUT2D eigenvalue weighted by Gasteiger charge is -2.34. The monoisotopic (exact) mass is 828 g/mol. The van der Waals surface area contributed by atoms with E-state index in [9.17, 15) is 34.1 Å². The van der Waals surface area contributed by atoms with Gasteiger partial charge in [0.1, 0.15) is 11.8 Å². The third-order valence-corrected chi connectivity index (χ3v) is 9.83. The molecule has 0 aliphatic carbocycles. The highest BCUT2D eigenvalue weighted by molar-refractivity contribution is 7.47. The Kier molecular flexibility index (Phi) is 29.9. The Bertz CT molecular complexity index is 1100. The zero-order chi connectivity index (χ0) is 41.5. The maximum Gasteiger partial charge on any atom is 0.499 e. The first-order chi connectivity index (χ1) is 26.9. The highest BCUT2D eigenvalue weighted by Gasteiger charge is 2.36. The Hall–Kier alpha value is -1.84.